The Bertz CT molecular complexity index is 579. The minimum atomic E-state index is -0.751. The standard InChI is InChI=1S/C15H28O5.C11H20O5/c1-3-5-7-9-14(17)19-12-13(11-16)20-15(18)10-8-6-4-2;1-3-5-10(13)15-8-9(7-12)16-11(14)6-4-2/h13,16H,3-12H2,1-2H3;9,12H,3-8H2,1-2H3. The van der Waals surface area contributed by atoms with Crippen molar-refractivity contribution >= 4 is 23.9 Å². The summed E-state index contributed by atoms with van der Waals surface area (Å²) in [7, 11) is 0. The van der Waals surface area contributed by atoms with Crippen molar-refractivity contribution in [2.75, 3.05) is 26.4 Å². The molecule has 0 aromatic carbocycles. The maximum atomic E-state index is 11.5. The minimum Gasteiger partial charge on any atom is -0.462 e. The minimum absolute atomic E-state index is 0.0685. The summed E-state index contributed by atoms with van der Waals surface area (Å²) in [6.07, 6.45) is 6.88. The van der Waals surface area contributed by atoms with Crippen molar-refractivity contribution in [3.63, 3.8) is 0 Å². The van der Waals surface area contributed by atoms with Gasteiger partial charge in [-0.2, -0.15) is 0 Å². The largest absolute Gasteiger partial charge is 0.462 e. The molecule has 0 aromatic heterocycles. The molecule has 2 unspecified atom stereocenters. The average Bonchev–Trinajstić information content (AvgIpc) is 2.85. The van der Waals surface area contributed by atoms with E-state index >= 15 is 0 Å². The quantitative estimate of drug-likeness (QED) is 0.139. The Labute approximate surface area is 216 Å². The molecule has 0 saturated carbocycles. The van der Waals surface area contributed by atoms with E-state index in [2.05, 4.69) is 13.8 Å². The van der Waals surface area contributed by atoms with Gasteiger partial charge in [-0.3, -0.25) is 19.2 Å². The van der Waals surface area contributed by atoms with E-state index in [1.807, 2.05) is 13.8 Å². The maximum absolute atomic E-state index is 11.5. The van der Waals surface area contributed by atoms with Crippen molar-refractivity contribution in [3.8, 4) is 0 Å². The number of hydrogen-bond donors (Lipinski definition) is 2. The van der Waals surface area contributed by atoms with E-state index < -0.39 is 12.2 Å². The third-order valence-corrected chi connectivity index (χ3v) is 4.74. The fourth-order valence-corrected chi connectivity index (χ4v) is 2.70. The van der Waals surface area contributed by atoms with E-state index in [1.54, 1.807) is 0 Å². The molecule has 0 amide bonds. The summed E-state index contributed by atoms with van der Waals surface area (Å²) in [6, 6.07) is 0. The fraction of sp³-hybridized carbons (Fsp3) is 0.846. The van der Waals surface area contributed by atoms with Crippen LogP contribution in [-0.2, 0) is 38.1 Å². The van der Waals surface area contributed by atoms with Gasteiger partial charge in [0.05, 0.1) is 13.2 Å². The van der Waals surface area contributed by atoms with E-state index in [-0.39, 0.29) is 50.3 Å². The Morgan fingerprint density at radius 1 is 0.528 bits per heavy atom. The lowest BCUT2D eigenvalue weighted by Gasteiger charge is -2.15. The van der Waals surface area contributed by atoms with Crippen LogP contribution in [0.25, 0.3) is 0 Å². The molecule has 0 aliphatic heterocycles. The molecule has 0 bridgehead atoms. The molecule has 10 nitrogen and oxygen atoms in total. The number of carbonyl (C=O) groups excluding carboxylic acids is 4. The zero-order valence-corrected chi connectivity index (χ0v) is 22.6. The summed E-state index contributed by atoms with van der Waals surface area (Å²) < 4.78 is 19.8. The Hall–Kier alpha value is -2.20. The van der Waals surface area contributed by atoms with Crippen molar-refractivity contribution in [1.29, 1.82) is 0 Å². The molecule has 0 fully saturated rings. The average molecular weight is 521 g/mol. The number of aliphatic hydroxyl groups excluding tert-OH is 2. The van der Waals surface area contributed by atoms with Gasteiger partial charge in [0, 0.05) is 25.7 Å². The van der Waals surface area contributed by atoms with Crippen LogP contribution in [0.4, 0.5) is 0 Å². The van der Waals surface area contributed by atoms with Crippen molar-refractivity contribution in [2.45, 2.75) is 117 Å². The Kier molecular flexibility index (Phi) is 25.9. The molecule has 2 N–H and O–H groups in total. The zero-order chi connectivity index (χ0) is 27.6. The van der Waals surface area contributed by atoms with Crippen LogP contribution in [-0.4, -0.2) is 72.7 Å². The van der Waals surface area contributed by atoms with Crippen LogP contribution in [0, 0.1) is 0 Å². The molecule has 2 atom stereocenters. The van der Waals surface area contributed by atoms with Gasteiger partial charge in [-0.25, -0.2) is 0 Å². The Morgan fingerprint density at radius 3 is 1.28 bits per heavy atom. The molecule has 0 spiro atoms. The van der Waals surface area contributed by atoms with Gasteiger partial charge in [-0.05, 0) is 25.7 Å². The first kappa shape index (κ1) is 36.0. The third-order valence-electron chi connectivity index (χ3n) is 4.74. The first-order valence-corrected chi connectivity index (χ1v) is 13.2. The molecule has 0 radical (unpaired) electrons. The summed E-state index contributed by atoms with van der Waals surface area (Å²) in [6.45, 7) is 7.02. The number of rotatable bonds is 20. The lowest BCUT2D eigenvalue weighted by molar-refractivity contribution is -0.161. The predicted molar refractivity (Wildman–Crippen MR) is 134 cm³/mol. The molecule has 212 valence electrons. The van der Waals surface area contributed by atoms with E-state index in [0.717, 1.165) is 38.5 Å². The lowest BCUT2D eigenvalue weighted by Crippen LogP contribution is -2.28. The van der Waals surface area contributed by atoms with Crippen LogP contribution in [0.2, 0.25) is 0 Å². The van der Waals surface area contributed by atoms with Gasteiger partial charge >= 0.3 is 23.9 Å². The van der Waals surface area contributed by atoms with Gasteiger partial charge in [-0.15, -0.1) is 0 Å². The molecule has 36 heavy (non-hydrogen) atoms. The van der Waals surface area contributed by atoms with Gasteiger partial charge in [0.15, 0.2) is 12.2 Å². The molecule has 0 rings (SSSR count). The van der Waals surface area contributed by atoms with Crippen LogP contribution in [0.3, 0.4) is 0 Å². The molecule has 0 aliphatic carbocycles. The second-order valence-electron chi connectivity index (χ2n) is 8.37. The van der Waals surface area contributed by atoms with Crippen LogP contribution in [0.1, 0.15) is 105 Å². The number of unbranched alkanes of at least 4 members (excludes halogenated alkanes) is 4. The smallest absolute Gasteiger partial charge is 0.306 e. The van der Waals surface area contributed by atoms with Gasteiger partial charge in [0.2, 0.25) is 0 Å². The molecule has 0 saturated heterocycles. The van der Waals surface area contributed by atoms with Crippen molar-refractivity contribution in [2.24, 2.45) is 0 Å². The number of carbonyl (C=O) groups is 4. The van der Waals surface area contributed by atoms with Gasteiger partial charge < -0.3 is 29.2 Å². The number of ether oxygens (including phenoxy) is 4. The van der Waals surface area contributed by atoms with Crippen LogP contribution in [0.15, 0.2) is 0 Å². The zero-order valence-electron chi connectivity index (χ0n) is 22.6. The van der Waals surface area contributed by atoms with Crippen molar-refractivity contribution < 1.29 is 48.3 Å². The summed E-state index contributed by atoms with van der Waals surface area (Å²) in [5, 5.41) is 18.0. The SMILES string of the molecule is CCCC(=O)OCC(CO)OC(=O)CCC.CCCCCC(=O)OCC(CO)OC(=O)CCCCC. The Balaban J connectivity index is 0. The second-order valence-corrected chi connectivity index (χ2v) is 8.37. The fourth-order valence-electron chi connectivity index (χ4n) is 2.70. The van der Waals surface area contributed by atoms with E-state index in [1.165, 1.54) is 0 Å². The van der Waals surface area contributed by atoms with Crippen molar-refractivity contribution in [1.82, 2.24) is 0 Å². The third kappa shape index (κ3) is 23.5. The topological polar surface area (TPSA) is 146 Å². The Morgan fingerprint density at radius 2 is 0.889 bits per heavy atom. The van der Waals surface area contributed by atoms with Gasteiger partial charge in [-0.1, -0.05) is 53.4 Å². The molecular weight excluding hydrogens is 472 g/mol. The maximum Gasteiger partial charge on any atom is 0.306 e. The number of hydrogen-bond acceptors (Lipinski definition) is 10. The first-order valence-electron chi connectivity index (χ1n) is 13.2. The molecular formula is C26H48O10. The summed E-state index contributed by atoms with van der Waals surface area (Å²) in [5.41, 5.74) is 0. The summed E-state index contributed by atoms with van der Waals surface area (Å²) in [4.78, 5) is 45.0. The predicted octanol–water partition coefficient (Wildman–Crippen LogP) is 3.63. The monoisotopic (exact) mass is 520 g/mol. The summed E-state index contributed by atoms with van der Waals surface area (Å²) in [5.74, 6) is -1.38. The molecule has 0 heterocycles. The van der Waals surface area contributed by atoms with E-state index in [4.69, 9.17) is 29.2 Å². The van der Waals surface area contributed by atoms with E-state index in [0.29, 0.717) is 38.5 Å². The van der Waals surface area contributed by atoms with Crippen molar-refractivity contribution in [3.05, 3.63) is 0 Å². The highest BCUT2D eigenvalue weighted by Gasteiger charge is 2.16. The lowest BCUT2D eigenvalue weighted by atomic mass is 10.2. The molecule has 0 aliphatic rings. The molecule has 10 heteroatoms. The van der Waals surface area contributed by atoms with Crippen LogP contribution >= 0.6 is 0 Å². The normalized spacial score (nSPS) is 11.9. The number of esters is 4. The highest BCUT2D eigenvalue weighted by atomic mass is 16.6. The second kappa shape index (κ2) is 25.9. The molecule has 0 aromatic rings. The van der Waals surface area contributed by atoms with Crippen LogP contribution in [0.5, 0.6) is 0 Å². The van der Waals surface area contributed by atoms with Gasteiger partial charge in [0.25, 0.3) is 0 Å². The number of aliphatic hydroxyl groups is 2. The highest BCUT2D eigenvalue weighted by Crippen LogP contribution is 2.05. The van der Waals surface area contributed by atoms with E-state index in [9.17, 15) is 19.2 Å². The van der Waals surface area contributed by atoms with Gasteiger partial charge in [0.1, 0.15) is 13.2 Å². The summed E-state index contributed by atoms with van der Waals surface area (Å²) >= 11 is 0. The highest BCUT2D eigenvalue weighted by molar-refractivity contribution is 5.71. The van der Waals surface area contributed by atoms with Crippen LogP contribution < -0.4 is 0 Å². The first-order chi connectivity index (χ1) is 17.3.